The minimum Gasteiger partial charge on any atom is -0.480 e. The van der Waals surface area contributed by atoms with Gasteiger partial charge in [-0.25, -0.2) is 14.8 Å². The van der Waals surface area contributed by atoms with Gasteiger partial charge in [0.1, 0.15) is 12.4 Å². The van der Waals surface area contributed by atoms with Crippen LogP contribution >= 0.6 is 0 Å². The lowest BCUT2D eigenvalue weighted by atomic mass is 10.4. The van der Waals surface area contributed by atoms with Crippen molar-refractivity contribution in [1.82, 2.24) is 9.97 Å². The third-order valence-corrected chi connectivity index (χ3v) is 1.47. The van der Waals surface area contributed by atoms with E-state index in [2.05, 4.69) is 20.0 Å². The Morgan fingerprint density at radius 1 is 1.47 bits per heavy atom. The van der Waals surface area contributed by atoms with Gasteiger partial charge in [-0.05, 0) is 0 Å². The summed E-state index contributed by atoms with van der Waals surface area (Å²) in [4.78, 5) is 28.7. The van der Waals surface area contributed by atoms with Crippen LogP contribution in [0.15, 0.2) is 12.4 Å². The van der Waals surface area contributed by atoms with Crippen LogP contribution in [0.4, 0.5) is 5.82 Å². The van der Waals surface area contributed by atoms with Gasteiger partial charge in [-0.1, -0.05) is 0 Å². The predicted molar refractivity (Wildman–Crippen MR) is 49.5 cm³/mol. The molecule has 0 atom stereocenters. The molecule has 0 aliphatic rings. The van der Waals surface area contributed by atoms with Crippen LogP contribution in [0.5, 0.6) is 0 Å². The lowest BCUT2D eigenvalue weighted by Crippen LogP contribution is -2.14. The van der Waals surface area contributed by atoms with E-state index in [1.165, 1.54) is 19.5 Å². The van der Waals surface area contributed by atoms with Crippen LogP contribution in [-0.4, -0.2) is 40.7 Å². The normalized spacial score (nSPS) is 9.40. The van der Waals surface area contributed by atoms with E-state index in [0.29, 0.717) is 0 Å². The largest absolute Gasteiger partial charge is 0.480 e. The average Bonchev–Trinajstić information content (AvgIpc) is 2.26. The van der Waals surface area contributed by atoms with Gasteiger partial charge in [-0.2, -0.15) is 0 Å². The zero-order chi connectivity index (χ0) is 11.3. The fraction of sp³-hybridized carbons (Fsp3) is 0.250. The average molecular weight is 211 g/mol. The fourth-order valence-corrected chi connectivity index (χ4v) is 0.795. The highest BCUT2D eigenvalue weighted by Crippen LogP contribution is 2.01. The smallest absolute Gasteiger partial charge is 0.358 e. The molecule has 1 aromatic heterocycles. The van der Waals surface area contributed by atoms with Crippen LogP contribution < -0.4 is 5.32 Å². The zero-order valence-electron chi connectivity index (χ0n) is 7.93. The summed E-state index contributed by atoms with van der Waals surface area (Å²) in [6, 6.07) is 0. The number of esters is 1. The van der Waals surface area contributed by atoms with Crippen LogP contribution in [0.1, 0.15) is 10.5 Å². The molecule has 1 aromatic rings. The maximum absolute atomic E-state index is 11.0. The van der Waals surface area contributed by atoms with Crippen molar-refractivity contribution < 1.29 is 19.4 Å². The van der Waals surface area contributed by atoms with E-state index in [-0.39, 0.29) is 18.1 Å². The molecule has 1 rings (SSSR count). The number of anilines is 1. The number of rotatable bonds is 4. The molecule has 15 heavy (non-hydrogen) atoms. The molecule has 0 unspecified atom stereocenters. The minimum atomic E-state index is -1.01. The molecular weight excluding hydrogens is 202 g/mol. The van der Waals surface area contributed by atoms with E-state index in [1.807, 2.05) is 0 Å². The monoisotopic (exact) mass is 211 g/mol. The Bertz CT molecular complexity index is 363. The van der Waals surface area contributed by atoms with Crippen LogP contribution in [0.3, 0.4) is 0 Å². The van der Waals surface area contributed by atoms with Gasteiger partial charge in [0.15, 0.2) is 5.69 Å². The van der Waals surface area contributed by atoms with E-state index in [4.69, 9.17) is 5.11 Å². The first-order valence-corrected chi connectivity index (χ1v) is 3.99. The number of ether oxygens (including phenoxy) is 1. The number of hydrogen-bond acceptors (Lipinski definition) is 6. The zero-order valence-corrected chi connectivity index (χ0v) is 7.93. The van der Waals surface area contributed by atoms with Crippen LogP contribution in [0.25, 0.3) is 0 Å². The highest BCUT2D eigenvalue weighted by atomic mass is 16.5. The SMILES string of the molecule is COC(=O)c1cnc(NCC(=O)O)cn1. The van der Waals surface area contributed by atoms with Crippen molar-refractivity contribution in [3.8, 4) is 0 Å². The molecule has 2 N–H and O–H groups in total. The van der Waals surface area contributed by atoms with Crippen molar-refractivity contribution >= 4 is 17.8 Å². The summed E-state index contributed by atoms with van der Waals surface area (Å²) in [5.74, 6) is -1.31. The van der Waals surface area contributed by atoms with Crippen molar-refractivity contribution in [2.45, 2.75) is 0 Å². The highest BCUT2D eigenvalue weighted by Gasteiger charge is 2.07. The van der Waals surface area contributed by atoms with Gasteiger partial charge < -0.3 is 15.2 Å². The van der Waals surface area contributed by atoms with E-state index in [9.17, 15) is 9.59 Å². The molecule has 80 valence electrons. The van der Waals surface area contributed by atoms with E-state index >= 15 is 0 Å². The topological polar surface area (TPSA) is 101 Å². The fourth-order valence-electron chi connectivity index (χ4n) is 0.795. The Labute approximate surface area is 85.1 Å². The predicted octanol–water partition coefficient (Wildman–Crippen LogP) is -0.240. The van der Waals surface area contributed by atoms with Crippen molar-refractivity contribution in [2.75, 3.05) is 19.0 Å². The Hall–Kier alpha value is -2.18. The lowest BCUT2D eigenvalue weighted by molar-refractivity contribution is -0.134. The van der Waals surface area contributed by atoms with Crippen LogP contribution in [0.2, 0.25) is 0 Å². The van der Waals surface area contributed by atoms with Crippen LogP contribution in [-0.2, 0) is 9.53 Å². The Kier molecular flexibility index (Phi) is 3.55. The van der Waals surface area contributed by atoms with Gasteiger partial charge in [0, 0.05) is 0 Å². The van der Waals surface area contributed by atoms with Crippen molar-refractivity contribution in [1.29, 1.82) is 0 Å². The molecule has 1 heterocycles. The molecule has 0 fully saturated rings. The van der Waals surface area contributed by atoms with Gasteiger partial charge in [-0.3, -0.25) is 4.79 Å². The number of aliphatic carboxylic acids is 1. The molecule has 0 aliphatic heterocycles. The quantitative estimate of drug-likeness (QED) is 0.662. The summed E-state index contributed by atoms with van der Waals surface area (Å²) in [5, 5.41) is 10.9. The number of hydrogen-bond donors (Lipinski definition) is 2. The van der Waals surface area contributed by atoms with E-state index in [1.54, 1.807) is 0 Å². The second-order valence-corrected chi connectivity index (χ2v) is 2.53. The number of nitrogens with zero attached hydrogens (tertiary/aromatic N) is 2. The first-order valence-electron chi connectivity index (χ1n) is 3.99. The summed E-state index contributed by atoms with van der Waals surface area (Å²) < 4.78 is 4.42. The maximum atomic E-state index is 11.0. The number of nitrogens with one attached hydrogen (secondary N) is 1. The van der Waals surface area contributed by atoms with Gasteiger partial charge in [0.05, 0.1) is 19.5 Å². The second kappa shape index (κ2) is 4.89. The molecule has 7 heteroatoms. The number of carboxylic acid groups (broad SMARTS) is 1. The lowest BCUT2D eigenvalue weighted by Gasteiger charge is -2.02. The summed E-state index contributed by atoms with van der Waals surface area (Å²) in [5.41, 5.74) is 0.0679. The van der Waals surface area contributed by atoms with Gasteiger partial charge in [0.2, 0.25) is 0 Å². The standard InChI is InChI=1S/C8H9N3O4/c1-15-8(14)5-2-10-6(3-9-5)11-4-7(12)13/h2-3H,4H2,1H3,(H,10,11)(H,12,13). The molecule has 0 saturated heterocycles. The molecule has 0 saturated carbocycles. The van der Waals surface area contributed by atoms with Crippen LogP contribution in [0, 0.1) is 0 Å². The van der Waals surface area contributed by atoms with Gasteiger partial charge >= 0.3 is 11.9 Å². The second-order valence-electron chi connectivity index (χ2n) is 2.53. The molecule has 0 spiro atoms. The van der Waals surface area contributed by atoms with E-state index < -0.39 is 11.9 Å². The summed E-state index contributed by atoms with van der Waals surface area (Å²) in [7, 11) is 1.24. The molecule has 0 aliphatic carbocycles. The number of carbonyl (C=O) groups excluding carboxylic acids is 1. The number of aromatic nitrogens is 2. The molecule has 0 bridgehead atoms. The number of carbonyl (C=O) groups is 2. The van der Waals surface area contributed by atoms with E-state index in [0.717, 1.165) is 0 Å². The number of methoxy groups -OCH3 is 1. The molecule has 0 amide bonds. The summed E-state index contributed by atoms with van der Waals surface area (Å²) >= 11 is 0. The number of carboxylic acids is 1. The van der Waals surface area contributed by atoms with Gasteiger partial charge in [0.25, 0.3) is 0 Å². The Morgan fingerprint density at radius 3 is 2.67 bits per heavy atom. The first kappa shape index (κ1) is 10.9. The molecule has 7 nitrogen and oxygen atoms in total. The highest BCUT2D eigenvalue weighted by molar-refractivity contribution is 5.86. The summed E-state index contributed by atoms with van der Waals surface area (Å²) in [6.07, 6.45) is 2.46. The minimum absolute atomic E-state index is 0.0679. The third kappa shape index (κ3) is 3.22. The molecular formula is C8H9N3O4. The van der Waals surface area contributed by atoms with Crippen molar-refractivity contribution in [2.24, 2.45) is 0 Å². The third-order valence-electron chi connectivity index (χ3n) is 1.47. The maximum Gasteiger partial charge on any atom is 0.358 e. The van der Waals surface area contributed by atoms with Crippen molar-refractivity contribution in [3.63, 3.8) is 0 Å². The van der Waals surface area contributed by atoms with Crippen molar-refractivity contribution in [3.05, 3.63) is 18.1 Å². The Morgan fingerprint density at radius 2 is 2.20 bits per heavy atom. The molecule has 0 aromatic carbocycles. The Balaban J connectivity index is 2.64. The first-order chi connectivity index (χ1) is 7.13. The summed E-state index contributed by atoms with van der Waals surface area (Å²) in [6.45, 7) is -0.258. The van der Waals surface area contributed by atoms with Gasteiger partial charge in [-0.15, -0.1) is 0 Å². The molecule has 0 radical (unpaired) electrons.